The van der Waals surface area contributed by atoms with Crippen molar-refractivity contribution >= 4 is 32.6 Å². The zero-order valence-corrected chi connectivity index (χ0v) is 17.4. The van der Waals surface area contributed by atoms with E-state index < -0.39 is 0 Å². The number of aromatic nitrogens is 1. The lowest BCUT2D eigenvalue weighted by Gasteiger charge is -2.56. The van der Waals surface area contributed by atoms with Gasteiger partial charge in [-0.25, -0.2) is 4.98 Å². The van der Waals surface area contributed by atoms with Crippen molar-refractivity contribution in [3.8, 4) is 0 Å². The summed E-state index contributed by atoms with van der Waals surface area (Å²) in [5.74, 6) is 2.62. The minimum atomic E-state index is -0.151. The molecular weight excluding hydrogens is 376 g/mol. The molecule has 148 valence electrons. The van der Waals surface area contributed by atoms with E-state index in [0.29, 0.717) is 12.5 Å². The van der Waals surface area contributed by atoms with Crippen molar-refractivity contribution in [2.24, 2.45) is 23.2 Å². The lowest BCUT2D eigenvalue weighted by Crippen LogP contribution is -2.54. The lowest BCUT2D eigenvalue weighted by molar-refractivity contribution is -0.143. The Morgan fingerprint density at radius 1 is 0.931 bits per heavy atom. The number of benzene rings is 2. The summed E-state index contributed by atoms with van der Waals surface area (Å²) in [7, 11) is 0. The minimum absolute atomic E-state index is 0.151. The van der Waals surface area contributed by atoms with Crippen LogP contribution in [0.1, 0.15) is 44.1 Å². The summed E-state index contributed by atoms with van der Waals surface area (Å²) in [4.78, 5) is 21.1. The standard InChI is InChI=1S/C25H26N2OS/c28-23(25-13-18-10-19(14-25)12-20(11-18)15-25)27(16-17-6-2-1-3-7-17)24-26-21-8-4-5-9-22(21)29-24/h1-9,18-20H,10-16H2. The molecule has 4 bridgehead atoms. The van der Waals surface area contributed by atoms with E-state index in [0.717, 1.165) is 52.4 Å². The second-order valence-corrected chi connectivity index (χ2v) is 10.5. The van der Waals surface area contributed by atoms with Crippen LogP contribution in [0.15, 0.2) is 54.6 Å². The second-order valence-electron chi connectivity index (χ2n) is 9.54. The van der Waals surface area contributed by atoms with Crippen LogP contribution in [-0.4, -0.2) is 10.9 Å². The molecule has 29 heavy (non-hydrogen) atoms. The molecule has 0 atom stereocenters. The Morgan fingerprint density at radius 2 is 1.55 bits per heavy atom. The van der Waals surface area contributed by atoms with Gasteiger partial charge >= 0.3 is 0 Å². The van der Waals surface area contributed by atoms with E-state index in [4.69, 9.17) is 4.98 Å². The Hall–Kier alpha value is -2.20. The fraction of sp³-hybridized carbons (Fsp3) is 0.440. The molecule has 1 heterocycles. The Morgan fingerprint density at radius 3 is 2.21 bits per heavy atom. The fourth-order valence-electron chi connectivity index (χ4n) is 6.63. The topological polar surface area (TPSA) is 33.2 Å². The van der Waals surface area contributed by atoms with Gasteiger partial charge in [0.15, 0.2) is 5.13 Å². The quantitative estimate of drug-likeness (QED) is 0.532. The van der Waals surface area contributed by atoms with Gasteiger partial charge in [0.05, 0.1) is 22.2 Å². The highest BCUT2D eigenvalue weighted by atomic mass is 32.1. The van der Waals surface area contributed by atoms with Crippen molar-refractivity contribution in [3.63, 3.8) is 0 Å². The highest BCUT2D eigenvalue weighted by Gasteiger charge is 2.56. The number of para-hydroxylation sites is 1. The number of anilines is 1. The minimum Gasteiger partial charge on any atom is -0.283 e. The highest BCUT2D eigenvalue weighted by molar-refractivity contribution is 7.22. The van der Waals surface area contributed by atoms with Crippen molar-refractivity contribution < 1.29 is 4.79 Å². The summed E-state index contributed by atoms with van der Waals surface area (Å²) in [5, 5.41) is 0.857. The first-order valence-electron chi connectivity index (χ1n) is 10.9. The molecular formula is C25H26N2OS. The summed E-state index contributed by atoms with van der Waals surface area (Å²) in [6, 6.07) is 18.6. The number of carbonyl (C=O) groups is 1. The van der Waals surface area contributed by atoms with Gasteiger partial charge in [0.1, 0.15) is 0 Å². The fourth-order valence-corrected chi connectivity index (χ4v) is 7.59. The molecule has 0 aliphatic heterocycles. The van der Waals surface area contributed by atoms with Crippen LogP contribution >= 0.6 is 11.3 Å². The molecule has 3 nitrogen and oxygen atoms in total. The molecule has 7 rings (SSSR count). The van der Waals surface area contributed by atoms with Crippen LogP contribution in [0.25, 0.3) is 10.2 Å². The van der Waals surface area contributed by atoms with Gasteiger partial charge in [0.25, 0.3) is 0 Å². The third-order valence-corrected chi connectivity index (χ3v) is 8.49. The van der Waals surface area contributed by atoms with E-state index in [-0.39, 0.29) is 5.41 Å². The molecule has 1 amide bonds. The molecule has 4 fully saturated rings. The van der Waals surface area contributed by atoms with Gasteiger partial charge in [-0.05, 0) is 74.0 Å². The number of hydrogen-bond donors (Lipinski definition) is 0. The molecule has 3 aromatic rings. The first-order valence-corrected chi connectivity index (χ1v) is 11.7. The number of fused-ring (bicyclic) bond motifs is 1. The van der Waals surface area contributed by atoms with Gasteiger partial charge in [0, 0.05) is 0 Å². The predicted molar refractivity (Wildman–Crippen MR) is 118 cm³/mol. The van der Waals surface area contributed by atoms with Gasteiger partial charge in [-0.2, -0.15) is 0 Å². The molecule has 2 aromatic carbocycles. The number of thiazole rings is 1. The van der Waals surface area contributed by atoms with Crippen LogP contribution in [0, 0.1) is 23.2 Å². The van der Waals surface area contributed by atoms with E-state index in [1.165, 1.54) is 24.8 Å². The van der Waals surface area contributed by atoms with Crippen molar-refractivity contribution in [1.29, 1.82) is 0 Å². The Labute approximate surface area is 175 Å². The van der Waals surface area contributed by atoms with Crippen molar-refractivity contribution in [1.82, 2.24) is 4.98 Å². The molecule has 4 aliphatic carbocycles. The van der Waals surface area contributed by atoms with Crippen LogP contribution in [0.3, 0.4) is 0 Å². The van der Waals surface area contributed by atoms with Crippen LogP contribution in [0.2, 0.25) is 0 Å². The largest absolute Gasteiger partial charge is 0.283 e. The third-order valence-electron chi connectivity index (χ3n) is 7.43. The van der Waals surface area contributed by atoms with Crippen LogP contribution in [0.4, 0.5) is 5.13 Å². The molecule has 4 aliphatic rings. The van der Waals surface area contributed by atoms with E-state index in [9.17, 15) is 4.79 Å². The Balaban J connectivity index is 1.40. The van der Waals surface area contributed by atoms with E-state index >= 15 is 0 Å². The monoisotopic (exact) mass is 402 g/mol. The number of rotatable bonds is 4. The molecule has 0 N–H and O–H groups in total. The number of nitrogens with zero attached hydrogens (tertiary/aromatic N) is 2. The molecule has 0 saturated heterocycles. The number of carbonyl (C=O) groups excluding carboxylic acids is 1. The molecule has 0 spiro atoms. The predicted octanol–water partition coefficient (Wildman–Crippen LogP) is 6.05. The first-order chi connectivity index (χ1) is 14.2. The summed E-state index contributed by atoms with van der Waals surface area (Å²) < 4.78 is 1.15. The summed E-state index contributed by atoms with van der Waals surface area (Å²) in [5.41, 5.74) is 2.01. The SMILES string of the molecule is O=C(N(Cc1ccccc1)c1nc2ccccc2s1)C12CC3CC(CC(C3)C1)C2. The zero-order valence-electron chi connectivity index (χ0n) is 16.6. The van der Waals surface area contributed by atoms with E-state index in [1.54, 1.807) is 11.3 Å². The van der Waals surface area contributed by atoms with Gasteiger partial charge in [-0.1, -0.05) is 53.8 Å². The number of hydrogen-bond acceptors (Lipinski definition) is 3. The van der Waals surface area contributed by atoms with Crippen LogP contribution < -0.4 is 4.90 Å². The zero-order chi connectivity index (χ0) is 19.4. The Bertz CT molecular complexity index is 989. The smallest absolute Gasteiger partial charge is 0.235 e. The molecule has 1 aromatic heterocycles. The van der Waals surface area contributed by atoms with Gasteiger partial charge in [-0.3, -0.25) is 9.69 Å². The van der Waals surface area contributed by atoms with Gasteiger partial charge in [-0.15, -0.1) is 0 Å². The first kappa shape index (κ1) is 17.6. The molecule has 0 radical (unpaired) electrons. The maximum Gasteiger partial charge on any atom is 0.235 e. The normalized spacial score (nSPS) is 30.0. The summed E-state index contributed by atoms with van der Waals surface area (Å²) in [6.07, 6.45) is 7.33. The molecule has 4 heteroatoms. The third kappa shape index (κ3) is 3.00. The maximum absolute atomic E-state index is 14.2. The van der Waals surface area contributed by atoms with E-state index in [2.05, 4.69) is 30.3 Å². The van der Waals surface area contributed by atoms with Crippen LogP contribution in [0.5, 0.6) is 0 Å². The highest BCUT2D eigenvalue weighted by Crippen LogP contribution is 2.60. The summed E-state index contributed by atoms with van der Waals surface area (Å²) >= 11 is 1.65. The van der Waals surface area contributed by atoms with Crippen molar-refractivity contribution in [3.05, 3.63) is 60.2 Å². The summed E-state index contributed by atoms with van der Waals surface area (Å²) in [6.45, 7) is 0.612. The second kappa shape index (κ2) is 6.66. The Kier molecular flexibility index (Phi) is 4.05. The molecule has 4 saturated carbocycles. The van der Waals surface area contributed by atoms with E-state index in [1.807, 2.05) is 29.2 Å². The van der Waals surface area contributed by atoms with Crippen molar-refractivity contribution in [2.75, 3.05) is 4.90 Å². The number of amides is 1. The van der Waals surface area contributed by atoms with Gasteiger partial charge < -0.3 is 0 Å². The average molecular weight is 403 g/mol. The maximum atomic E-state index is 14.2. The lowest BCUT2D eigenvalue weighted by atomic mass is 9.49. The van der Waals surface area contributed by atoms with Crippen molar-refractivity contribution in [2.45, 2.75) is 45.1 Å². The molecule has 0 unspecified atom stereocenters. The van der Waals surface area contributed by atoms with Gasteiger partial charge in [0.2, 0.25) is 5.91 Å². The van der Waals surface area contributed by atoms with Crippen LogP contribution in [-0.2, 0) is 11.3 Å². The average Bonchev–Trinajstić information content (AvgIpc) is 3.15.